The van der Waals surface area contributed by atoms with Gasteiger partial charge in [0.1, 0.15) is 5.60 Å². The van der Waals surface area contributed by atoms with Crippen molar-refractivity contribution in [2.45, 2.75) is 81.6 Å². The second kappa shape index (κ2) is 11.8. The maximum Gasteiger partial charge on any atom is 0.407 e. The van der Waals surface area contributed by atoms with Gasteiger partial charge in [-0.05, 0) is 39.3 Å². The second-order valence-corrected chi connectivity index (χ2v) is 10.4. The molecule has 1 unspecified atom stereocenters. The summed E-state index contributed by atoms with van der Waals surface area (Å²) >= 11 is 0. The Morgan fingerprint density at radius 3 is 2.19 bits per heavy atom. The predicted molar refractivity (Wildman–Crippen MR) is 118 cm³/mol. The van der Waals surface area contributed by atoms with Gasteiger partial charge < -0.3 is 14.8 Å². The molecule has 1 aromatic carbocycles. The van der Waals surface area contributed by atoms with Crippen molar-refractivity contribution in [2.75, 3.05) is 7.11 Å². The van der Waals surface area contributed by atoms with Gasteiger partial charge in [0.25, 0.3) is 5.69 Å². The third-order valence-corrected chi connectivity index (χ3v) is 6.70. The highest BCUT2D eigenvalue weighted by Gasteiger charge is 2.42. The summed E-state index contributed by atoms with van der Waals surface area (Å²) in [6.07, 6.45) is 2.56. The van der Waals surface area contributed by atoms with Crippen LogP contribution < -0.4 is 5.32 Å². The molecule has 0 spiro atoms. The van der Waals surface area contributed by atoms with Gasteiger partial charge in [0, 0.05) is 12.1 Å². The normalized spacial score (nSPS) is 13.7. The molecule has 2 atom stereocenters. The fourth-order valence-corrected chi connectivity index (χ4v) is 4.87. The lowest BCUT2D eigenvalue weighted by atomic mass is 10.0. The largest absolute Gasteiger partial charge is 0.468 e. The minimum absolute atomic E-state index is 0.200. The van der Waals surface area contributed by atoms with Crippen LogP contribution in [-0.4, -0.2) is 49.4 Å². The first kappa shape index (κ1) is 27.3. The van der Waals surface area contributed by atoms with Crippen molar-refractivity contribution < 1.29 is 32.4 Å². The van der Waals surface area contributed by atoms with E-state index in [2.05, 4.69) is 5.32 Å². The van der Waals surface area contributed by atoms with Crippen LogP contribution in [0.25, 0.3) is 0 Å². The van der Waals surface area contributed by atoms with E-state index in [0.29, 0.717) is 6.42 Å². The van der Waals surface area contributed by atoms with E-state index in [9.17, 15) is 28.1 Å². The fourth-order valence-electron chi connectivity index (χ4n) is 3.08. The number of non-ortho nitro benzene ring substituents is 1. The van der Waals surface area contributed by atoms with Crippen LogP contribution in [0, 0.1) is 10.1 Å². The van der Waals surface area contributed by atoms with Gasteiger partial charge in [0.15, 0.2) is 15.1 Å². The summed E-state index contributed by atoms with van der Waals surface area (Å²) in [4.78, 5) is 34.9. The molecule has 0 radical (unpaired) electrons. The van der Waals surface area contributed by atoms with Crippen LogP contribution >= 0.6 is 0 Å². The van der Waals surface area contributed by atoms with Crippen molar-refractivity contribution in [3.05, 3.63) is 34.4 Å². The maximum absolute atomic E-state index is 13.3. The number of nitrogens with one attached hydrogen (secondary N) is 1. The average molecular weight is 473 g/mol. The topological polar surface area (TPSA) is 142 Å². The quantitative estimate of drug-likeness (QED) is 0.222. The number of rotatable bonds is 11. The van der Waals surface area contributed by atoms with E-state index in [1.165, 1.54) is 0 Å². The number of hydrogen-bond acceptors (Lipinski definition) is 8. The third-order valence-electron chi connectivity index (χ3n) is 4.58. The van der Waals surface area contributed by atoms with Crippen LogP contribution in [-0.2, 0) is 24.1 Å². The summed E-state index contributed by atoms with van der Waals surface area (Å²) in [5.74, 6) is -1.04. The molecule has 32 heavy (non-hydrogen) atoms. The first-order chi connectivity index (χ1) is 14.8. The van der Waals surface area contributed by atoms with Crippen LogP contribution in [0.2, 0.25) is 0 Å². The number of nitrogens with zero attached hydrogens (tertiary/aromatic N) is 1. The zero-order valence-corrected chi connectivity index (χ0v) is 19.9. The number of benzene rings is 1. The number of sulfone groups is 1. The van der Waals surface area contributed by atoms with Crippen molar-refractivity contribution in [1.82, 2.24) is 5.32 Å². The Morgan fingerprint density at radius 1 is 1.12 bits per heavy atom. The van der Waals surface area contributed by atoms with E-state index < -0.39 is 43.7 Å². The molecule has 10 nitrogen and oxygen atoms in total. The molecule has 0 saturated heterocycles. The van der Waals surface area contributed by atoms with Crippen molar-refractivity contribution >= 4 is 27.6 Å². The van der Waals surface area contributed by atoms with Gasteiger partial charge >= 0.3 is 12.1 Å². The molecule has 1 N–H and O–H groups in total. The zero-order chi connectivity index (χ0) is 24.5. The molecule has 0 saturated carbocycles. The van der Waals surface area contributed by atoms with E-state index in [1.54, 1.807) is 20.8 Å². The molecular weight excluding hydrogens is 440 g/mol. The highest BCUT2D eigenvalue weighted by Crippen LogP contribution is 2.25. The third kappa shape index (κ3) is 8.10. The first-order valence-electron chi connectivity index (χ1n) is 10.4. The predicted octanol–water partition coefficient (Wildman–Crippen LogP) is 3.77. The lowest BCUT2D eigenvalue weighted by Gasteiger charge is -2.28. The first-order valence-corrected chi connectivity index (χ1v) is 11.9. The van der Waals surface area contributed by atoms with Crippen molar-refractivity contribution in [3.63, 3.8) is 0 Å². The number of esters is 1. The lowest BCUT2D eigenvalue weighted by Crippen LogP contribution is -2.52. The minimum Gasteiger partial charge on any atom is -0.468 e. The van der Waals surface area contributed by atoms with E-state index in [4.69, 9.17) is 9.47 Å². The van der Waals surface area contributed by atoms with E-state index in [1.807, 2.05) is 6.92 Å². The van der Waals surface area contributed by atoms with Crippen LogP contribution in [0.1, 0.15) is 59.8 Å². The summed E-state index contributed by atoms with van der Waals surface area (Å²) in [6.45, 7) is 7.00. The van der Waals surface area contributed by atoms with E-state index >= 15 is 0 Å². The molecule has 1 amide bonds. The number of nitro groups is 1. The number of methoxy groups -OCH3 is 1. The van der Waals surface area contributed by atoms with Gasteiger partial charge in [-0.2, -0.15) is 0 Å². The van der Waals surface area contributed by atoms with Gasteiger partial charge in [-0.1, -0.05) is 32.6 Å². The van der Waals surface area contributed by atoms with E-state index in [0.717, 1.165) is 50.6 Å². The fraction of sp³-hybridized carbons (Fsp3) is 0.619. The molecule has 0 aliphatic rings. The molecule has 1 rings (SSSR count). The molecule has 0 aromatic heterocycles. The highest BCUT2D eigenvalue weighted by atomic mass is 32.2. The Hall–Kier alpha value is -2.69. The van der Waals surface area contributed by atoms with E-state index in [-0.39, 0.29) is 17.0 Å². The van der Waals surface area contributed by atoms with Gasteiger partial charge in [-0.15, -0.1) is 0 Å². The Labute approximate surface area is 188 Å². The number of unbranched alkanes of at least 4 members (excludes halogenated alkanes) is 3. The van der Waals surface area contributed by atoms with Crippen molar-refractivity contribution in [1.29, 1.82) is 0 Å². The molecule has 180 valence electrons. The average Bonchev–Trinajstić information content (AvgIpc) is 2.69. The molecule has 1 aromatic rings. The van der Waals surface area contributed by atoms with Gasteiger partial charge in [0.05, 0.1) is 23.0 Å². The number of ether oxygens (including phenoxy) is 2. The second-order valence-electron chi connectivity index (χ2n) is 8.34. The Bertz CT molecular complexity index is 891. The van der Waals surface area contributed by atoms with Crippen molar-refractivity contribution in [2.24, 2.45) is 0 Å². The van der Waals surface area contributed by atoms with Crippen LogP contribution in [0.15, 0.2) is 29.2 Å². The summed E-state index contributed by atoms with van der Waals surface area (Å²) in [5.41, 5.74) is -1.11. The Kier molecular flexibility index (Phi) is 10.1. The van der Waals surface area contributed by atoms with Gasteiger partial charge in [-0.3, -0.25) is 14.9 Å². The van der Waals surface area contributed by atoms with Crippen LogP contribution in [0.3, 0.4) is 0 Å². The number of hydrogen-bond donors (Lipinski definition) is 1. The zero-order valence-electron chi connectivity index (χ0n) is 19.1. The summed E-state index contributed by atoms with van der Waals surface area (Å²) < 4.78 is 36.7. The number of alkyl carbamates (subject to hydrolysis) is 1. The number of nitro benzene ring substituents is 1. The highest BCUT2D eigenvalue weighted by molar-refractivity contribution is 7.92. The molecule has 0 heterocycles. The number of carbonyl (C=O) groups is 2. The Morgan fingerprint density at radius 2 is 1.72 bits per heavy atom. The maximum atomic E-state index is 13.3. The Balaban J connectivity index is 3.34. The summed E-state index contributed by atoms with van der Waals surface area (Å²) in [6, 6.07) is 3.09. The number of carbonyl (C=O) groups excluding carboxylic acids is 2. The molecule has 0 aliphatic carbocycles. The summed E-state index contributed by atoms with van der Waals surface area (Å²) in [7, 11) is -3.30. The van der Waals surface area contributed by atoms with Crippen LogP contribution in [0.4, 0.5) is 10.5 Å². The monoisotopic (exact) mass is 472 g/mol. The van der Waals surface area contributed by atoms with Gasteiger partial charge in [-0.25, -0.2) is 13.2 Å². The lowest BCUT2D eigenvalue weighted by molar-refractivity contribution is -0.384. The molecule has 0 fully saturated rings. The number of amides is 1. The minimum atomic E-state index is -4.35. The molecule has 11 heteroatoms. The molecule has 0 aliphatic heterocycles. The molecular formula is C21H32N2O8S. The smallest absolute Gasteiger partial charge is 0.407 e. The molecule has 0 bridgehead atoms. The SMILES string of the molecule is CCCCCC[C@H](NC(=O)OC(C)(C)C)C(C(=O)OC)S(=O)(=O)c1ccc([N+](=O)[O-])cc1. The van der Waals surface area contributed by atoms with Crippen molar-refractivity contribution in [3.8, 4) is 0 Å². The van der Waals surface area contributed by atoms with Gasteiger partial charge in [0.2, 0.25) is 0 Å². The standard InChI is InChI=1S/C21H32N2O8S/c1-6-7-8-9-10-17(22-20(25)31-21(2,3)4)18(19(24)30-5)32(28,29)16-13-11-15(12-14-16)23(26)27/h11-14,17-18H,6-10H2,1-5H3,(H,22,25)/t17-,18?/m0/s1. The van der Waals surface area contributed by atoms with Crippen LogP contribution in [0.5, 0.6) is 0 Å². The summed E-state index contributed by atoms with van der Waals surface area (Å²) in [5, 5.41) is 11.7.